The number of aliphatic hydroxyl groups excluding tert-OH is 1. The lowest BCUT2D eigenvalue weighted by Crippen LogP contribution is -2.34. The van der Waals surface area contributed by atoms with Crippen LogP contribution >= 0.6 is 121 Å². The van der Waals surface area contributed by atoms with Gasteiger partial charge in [0.2, 0.25) is 11.6 Å². The molecule has 0 fully saturated rings. The van der Waals surface area contributed by atoms with Gasteiger partial charge >= 0.3 is 23.0 Å². The zero-order valence-corrected chi connectivity index (χ0v) is 83.2. The van der Waals surface area contributed by atoms with Crippen molar-refractivity contribution in [2.75, 3.05) is 59.2 Å². The number of anilines is 4. The molecule has 0 amide bonds. The van der Waals surface area contributed by atoms with Crippen LogP contribution in [0.3, 0.4) is 0 Å². The monoisotopic (exact) mass is 2230 g/mol. The minimum absolute atomic E-state index is 0. The summed E-state index contributed by atoms with van der Waals surface area (Å²) in [6.45, 7) is 5.43. The minimum atomic E-state index is -4.33. The van der Waals surface area contributed by atoms with E-state index >= 15 is 0 Å². The number of oxazole rings is 4. The second-order valence-electron chi connectivity index (χ2n) is 28.7. The van der Waals surface area contributed by atoms with E-state index in [1.807, 2.05) is 0 Å². The number of halogens is 14. The highest BCUT2D eigenvalue weighted by molar-refractivity contribution is 9.10. The fraction of sp³-hybridized carbons (Fsp3) is 0.128. The first kappa shape index (κ1) is 108. The number of carbonyl (C=O) groups excluding carboxylic acids is 3. The Morgan fingerprint density at radius 1 is 0.439 bits per heavy atom. The molecule has 8 aromatic heterocycles. The van der Waals surface area contributed by atoms with Crippen LogP contribution in [0.4, 0.5) is 40.3 Å². The number of ether oxygens (including phenoxy) is 3. The lowest BCUT2D eigenvalue weighted by molar-refractivity contribution is 0.102. The highest BCUT2D eigenvalue weighted by atomic mass is 79.9. The number of rotatable bonds is 25. The number of nitrogens with one attached hydrogen (secondary N) is 5. The maximum Gasteiger partial charge on any atom is 0.417 e. The number of ketones is 2. The van der Waals surface area contributed by atoms with Gasteiger partial charge in [0.25, 0.3) is 40.1 Å². The summed E-state index contributed by atoms with van der Waals surface area (Å²) in [5.74, 6) is -8.98. The van der Waals surface area contributed by atoms with E-state index in [2.05, 4.69) is 64.9 Å². The van der Waals surface area contributed by atoms with Crippen molar-refractivity contribution in [3.8, 4) is 0 Å². The van der Waals surface area contributed by atoms with E-state index in [1.165, 1.54) is 143 Å². The van der Waals surface area contributed by atoms with Gasteiger partial charge in [-0.3, -0.25) is 44.0 Å². The first-order valence-electron chi connectivity index (χ1n) is 38.5. The number of H-pyrrole nitrogens is 4. The predicted molar refractivity (Wildman–Crippen MR) is 516 cm³/mol. The number of aromatic amines is 4. The molecule has 0 bridgehead atoms. The van der Waals surface area contributed by atoms with Gasteiger partial charge in [0.05, 0.1) is 101 Å². The molecule has 6 N–H and O–H groups in total. The first-order valence-corrected chi connectivity index (χ1v) is 48.1. The molecule has 0 aliphatic rings. The van der Waals surface area contributed by atoms with Gasteiger partial charge in [-0.25, -0.2) is 98.3 Å². The number of fused-ring (bicyclic) bond motifs is 4. The van der Waals surface area contributed by atoms with Crippen LogP contribution < -0.4 is 40.7 Å². The van der Waals surface area contributed by atoms with E-state index in [4.69, 9.17) is 120 Å². The largest absolute Gasteiger partial charge is 0.417 e. The fourth-order valence-electron chi connectivity index (χ4n) is 13.0. The fourth-order valence-corrected chi connectivity index (χ4v) is 20.1. The lowest BCUT2D eigenvalue weighted by Gasteiger charge is -2.27. The molecule has 139 heavy (non-hydrogen) atoms. The molecule has 8 aromatic carbocycles. The molecule has 728 valence electrons. The van der Waals surface area contributed by atoms with Crippen molar-refractivity contribution in [3.63, 3.8) is 0 Å². The summed E-state index contributed by atoms with van der Waals surface area (Å²) in [4.78, 5) is 108. The molecule has 0 radical (unpaired) electrons. The number of aromatic nitrogens is 8. The molecule has 0 saturated heterocycles. The van der Waals surface area contributed by atoms with E-state index in [-0.39, 0.29) is 127 Å². The van der Waals surface area contributed by atoms with Gasteiger partial charge in [-0.1, -0.05) is 92.8 Å². The summed E-state index contributed by atoms with van der Waals surface area (Å²) in [6, 6.07) is 31.0. The Labute approximate surface area is 836 Å². The average molecular weight is 2240 g/mol. The smallest absolute Gasteiger partial charge is 0.407 e. The van der Waals surface area contributed by atoms with Gasteiger partial charge in [0, 0.05) is 66.2 Å². The van der Waals surface area contributed by atoms with Crippen LogP contribution in [0.1, 0.15) is 82.1 Å². The molecular formula is C86H64BrCl9F4N12O23S4. The number of pyridine rings is 4. The third-order valence-corrected chi connectivity index (χ3v) is 29.2. The van der Waals surface area contributed by atoms with Crippen LogP contribution in [-0.2, 0) is 54.3 Å². The molecule has 16 rings (SSSR count). The van der Waals surface area contributed by atoms with Crippen LogP contribution in [-0.4, -0.2) is 138 Å². The van der Waals surface area contributed by atoms with Gasteiger partial charge in [-0.2, -0.15) is 0 Å². The van der Waals surface area contributed by atoms with Crippen molar-refractivity contribution in [3.05, 3.63) is 342 Å². The van der Waals surface area contributed by atoms with E-state index < -0.39 is 146 Å². The Hall–Kier alpha value is -11.9. The highest BCUT2D eigenvalue weighted by Gasteiger charge is 2.37. The molecule has 0 aliphatic heterocycles. The molecule has 16 aromatic rings. The summed E-state index contributed by atoms with van der Waals surface area (Å²) in [7, 11) is -12.8. The van der Waals surface area contributed by atoms with Gasteiger partial charge in [-0.15, -0.1) is 12.4 Å². The van der Waals surface area contributed by atoms with Crippen molar-refractivity contribution in [2.24, 2.45) is 0 Å². The second-order valence-corrected chi connectivity index (χ2v) is 40.1. The van der Waals surface area contributed by atoms with Crippen LogP contribution in [0.15, 0.2) is 231 Å². The molecule has 0 saturated carbocycles. The summed E-state index contributed by atoms with van der Waals surface area (Å²) in [6.07, 6.45) is 3.26. The van der Waals surface area contributed by atoms with Crippen LogP contribution in [0, 0.1) is 51.0 Å². The number of carbonyl (C=O) groups is 3. The number of sulfonamides is 4. The number of benzene rings is 8. The van der Waals surface area contributed by atoms with Gasteiger partial charge < -0.3 is 37.0 Å². The molecule has 1 atom stereocenters. The summed E-state index contributed by atoms with van der Waals surface area (Å²) in [5, 5.41) is 13.2. The first-order chi connectivity index (χ1) is 65.1. The Kier molecular flexibility index (Phi) is 34.6. The van der Waals surface area contributed by atoms with Crippen LogP contribution in [0.2, 0.25) is 40.2 Å². The third-order valence-electron chi connectivity index (χ3n) is 19.5. The van der Waals surface area contributed by atoms with Gasteiger partial charge in [0.15, 0.2) is 28.6 Å². The van der Waals surface area contributed by atoms with Crippen molar-refractivity contribution < 1.29 is 103 Å². The number of nitrogens with zero attached hydrogens (tertiary/aromatic N) is 7. The quantitative estimate of drug-likeness (QED) is 0.0102. The van der Waals surface area contributed by atoms with Crippen molar-refractivity contribution >= 4 is 246 Å². The molecular weight excluding hydrogens is 2170 g/mol. The number of hydrogen-bond acceptors (Lipinski definition) is 27. The normalized spacial score (nSPS) is 11.7. The topological polar surface area (TPSA) is 493 Å². The van der Waals surface area contributed by atoms with Crippen LogP contribution in [0.5, 0.6) is 0 Å². The zero-order valence-electron chi connectivity index (χ0n) is 71.5. The van der Waals surface area contributed by atoms with Gasteiger partial charge in [0.1, 0.15) is 76.7 Å². The van der Waals surface area contributed by atoms with E-state index in [0.29, 0.717) is 63.8 Å². The number of methoxy groups -OCH3 is 3. The third kappa shape index (κ3) is 23.7. The Balaban J connectivity index is 0.000000171. The highest BCUT2D eigenvalue weighted by Crippen LogP contribution is 2.41. The Bertz CT molecular complexity index is 8290. The van der Waals surface area contributed by atoms with Crippen molar-refractivity contribution in [1.29, 1.82) is 0 Å². The summed E-state index contributed by atoms with van der Waals surface area (Å²) < 4.78 is 203. The molecule has 1 unspecified atom stereocenters. The molecule has 0 spiro atoms. The number of hydrogen-bond donors (Lipinski definition) is 6. The minimum Gasteiger partial charge on any atom is -0.407 e. The van der Waals surface area contributed by atoms with E-state index in [1.54, 1.807) is 33.8 Å². The van der Waals surface area contributed by atoms with Crippen LogP contribution in [0.25, 0.3) is 44.4 Å². The summed E-state index contributed by atoms with van der Waals surface area (Å²) in [5.41, 5.74) is -1.57. The average Bonchev–Trinajstić information content (AvgIpc) is 1.60. The zero-order chi connectivity index (χ0) is 101. The lowest BCUT2D eigenvalue weighted by atomic mass is 10.0. The molecule has 35 nitrogen and oxygen atoms in total. The Morgan fingerprint density at radius 2 is 0.770 bits per heavy atom. The van der Waals surface area contributed by atoms with Crippen molar-refractivity contribution in [2.45, 2.75) is 53.4 Å². The number of aliphatic hydroxyl groups is 1. The summed E-state index contributed by atoms with van der Waals surface area (Å²) >= 11 is 51.3. The van der Waals surface area contributed by atoms with E-state index in [9.17, 15) is 89.9 Å². The Morgan fingerprint density at radius 3 is 1.20 bits per heavy atom. The SMILES string of the molecule is COCN(c1cc(Cl)cnc1Br)S(=O)(=O)c1ccc(Cl)c(C)c1.COCN(c1cc(Cl)cnc1C(=O)c1c(F)ccc2[nH]c(=O)oc12)S(=O)(=O)c1ccc(Cl)c(C)c1.COCN(c1cc(Cl)cnc1C(O)c1c(F)ccc2[nH]c(=O)oc12)S(=O)(=O)c1ccc(Cl)c(C)c1.Cc1cc(S(=O)(=O)Nc2cc(Cl)cnc2C(=O)c2c(F)ccc3[nH]c(=O)oc23)ccc1Cl.Cl.O=Cc1c(F)ccc2[nH]c(=O)oc12. The number of aldehydes is 1. The van der Waals surface area contributed by atoms with Crippen molar-refractivity contribution in [1.82, 2.24) is 39.9 Å². The molecule has 8 heterocycles. The predicted octanol–water partition coefficient (Wildman–Crippen LogP) is 18.5. The van der Waals surface area contributed by atoms with Gasteiger partial charge in [-0.05, 0) is 211 Å². The second kappa shape index (κ2) is 44.7. The number of aryl methyl sites for hydroxylation is 4. The maximum atomic E-state index is 14.8. The molecule has 53 heteroatoms. The maximum absolute atomic E-state index is 14.8. The standard InChI is InChI=1S/C22H18Cl2FN3O6S.C22H16Cl2FN3O6S.C20H12Cl2FN3O5S.C14H13BrCl2N2O3S.C8H4FNO3.ClH/c2*1-11-7-13(3-4-14(11)24)35(31,32)28(10-33-2)17-8-12(23)9-26-19(17)20(29)18-15(25)5-6-16-21(18)34-22(30)27-16;1-9-6-11(2-3-12(9)22)32(29,30)26-15-7-10(21)8-24-17(15)18(27)16-13(23)4-5-14-19(16)31-20(28)25-14;1-9-5-11(3-4-12(9)17)23(20,21)19(8-22-2)13-6-10(16)7-18-14(13)15;9-5-1-2-6-7(4(5)3-11)13-8(12)10-6;/h3-9,20,29H,10H2,1-2H3,(H,27,30);3-9H,10H2,1-2H3,(H,27,30);2-8,26H,1H3,(H,25,28);3-7H,8H2,1-2H3;1-3H,(H,10,12);1H. The van der Waals surface area contributed by atoms with E-state index in [0.717, 1.165) is 55.6 Å². The molecule has 0 aliphatic carbocycles.